The van der Waals surface area contributed by atoms with Gasteiger partial charge in [-0.1, -0.05) is 12.8 Å². The number of aliphatic hydroxyl groups is 1. The minimum atomic E-state index is -0.460. The minimum Gasteiger partial charge on any atom is -0.391 e. The van der Waals surface area contributed by atoms with Crippen LogP contribution in [0.5, 0.6) is 0 Å². The second kappa shape index (κ2) is 4.70. The first kappa shape index (κ1) is 11.8. The molecule has 0 aliphatic heterocycles. The van der Waals surface area contributed by atoms with E-state index in [2.05, 4.69) is 15.2 Å². The Morgan fingerprint density at radius 2 is 2.24 bits per heavy atom. The molecule has 7 nitrogen and oxygen atoms in total. The number of nitrogens with zero attached hydrogens (tertiary/aromatic N) is 3. The largest absolute Gasteiger partial charge is 0.391 e. The molecular weight excluding hydrogens is 222 g/mol. The molecule has 7 heteroatoms. The number of hydrogen-bond acceptors (Lipinski definition) is 5. The van der Waals surface area contributed by atoms with E-state index in [1.807, 2.05) is 0 Å². The molecule has 1 aliphatic carbocycles. The molecule has 17 heavy (non-hydrogen) atoms. The minimum absolute atomic E-state index is 0.0472. The number of likely N-dealkylation sites (N-methyl/N-ethyl adjacent to an activating group) is 1. The molecular formula is C10H17N5O2. The summed E-state index contributed by atoms with van der Waals surface area (Å²) in [6.45, 7) is 0. The summed E-state index contributed by atoms with van der Waals surface area (Å²) >= 11 is 0. The van der Waals surface area contributed by atoms with Crippen LogP contribution in [0.3, 0.4) is 0 Å². The predicted octanol–water partition coefficient (Wildman–Crippen LogP) is -0.238. The van der Waals surface area contributed by atoms with Gasteiger partial charge < -0.3 is 15.7 Å². The summed E-state index contributed by atoms with van der Waals surface area (Å²) in [6, 6.07) is -0.150. The fourth-order valence-corrected chi connectivity index (χ4v) is 2.23. The van der Waals surface area contributed by atoms with Gasteiger partial charge in [-0.25, -0.2) is 0 Å². The summed E-state index contributed by atoms with van der Waals surface area (Å²) in [5.74, 6) is -0.131. The molecule has 4 N–H and O–H groups in total. The van der Waals surface area contributed by atoms with Gasteiger partial charge in [-0.15, -0.1) is 5.10 Å². The maximum Gasteiger partial charge on any atom is 0.291 e. The number of hydrogen-bond donors (Lipinski definition) is 3. The summed E-state index contributed by atoms with van der Waals surface area (Å²) in [5, 5.41) is 16.0. The highest BCUT2D eigenvalue weighted by Crippen LogP contribution is 2.23. The van der Waals surface area contributed by atoms with Crippen molar-refractivity contribution in [2.24, 2.45) is 0 Å². The maximum atomic E-state index is 12.0. The van der Waals surface area contributed by atoms with Gasteiger partial charge in [-0.2, -0.15) is 4.98 Å². The zero-order chi connectivity index (χ0) is 12.4. The van der Waals surface area contributed by atoms with E-state index >= 15 is 0 Å². The van der Waals surface area contributed by atoms with Crippen LogP contribution in [0, 0.1) is 0 Å². The normalized spacial score (nSPS) is 24.6. The number of aromatic amines is 1. The second-order valence-corrected chi connectivity index (χ2v) is 4.38. The van der Waals surface area contributed by atoms with E-state index < -0.39 is 6.10 Å². The van der Waals surface area contributed by atoms with Crippen molar-refractivity contribution in [2.75, 3.05) is 12.8 Å². The van der Waals surface area contributed by atoms with Gasteiger partial charge in [-0.3, -0.25) is 9.89 Å². The Kier molecular flexibility index (Phi) is 3.28. The number of carbonyl (C=O) groups is 1. The Bertz CT molecular complexity index is 405. The first-order chi connectivity index (χ1) is 8.09. The summed E-state index contributed by atoms with van der Waals surface area (Å²) < 4.78 is 0. The number of H-pyrrole nitrogens is 1. The average molecular weight is 239 g/mol. The number of nitrogens with one attached hydrogen (secondary N) is 1. The van der Waals surface area contributed by atoms with Crippen molar-refractivity contribution in [1.82, 2.24) is 20.1 Å². The number of carbonyl (C=O) groups excluding carboxylic acids is 1. The van der Waals surface area contributed by atoms with E-state index in [1.54, 1.807) is 7.05 Å². The topological polar surface area (TPSA) is 108 Å². The van der Waals surface area contributed by atoms with Crippen LogP contribution in [0.15, 0.2) is 0 Å². The SMILES string of the molecule is CN(C(=O)c1nc(N)n[nH]1)C1CCCCC1O. The molecule has 1 fully saturated rings. The van der Waals surface area contributed by atoms with Gasteiger partial charge in [-0.05, 0) is 12.8 Å². The fraction of sp³-hybridized carbons (Fsp3) is 0.700. The van der Waals surface area contributed by atoms with Crippen molar-refractivity contribution in [2.45, 2.75) is 37.8 Å². The lowest BCUT2D eigenvalue weighted by molar-refractivity contribution is 0.0261. The molecule has 1 saturated carbocycles. The van der Waals surface area contributed by atoms with Crippen LogP contribution >= 0.6 is 0 Å². The van der Waals surface area contributed by atoms with Gasteiger partial charge in [0.05, 0.1) is 12.1 Å². The number of anilines is 1. The summed E-state index contributed by atoms with van der Waals surface area (Å²) in [5.41, 5.74) is 5.35. The van der Waals surface area contributed by atoms with E-state index in [1.165, 1.54) is 4.90 Å². The molecule has 0 spiro atoms. The van der Waals surface area contributed by atoms with Crippen LogP contribution < -0.4 is 5.73 Å². The molecule has 2 rings (SSSR count). The van der Waals surface area contributed by atoms with E-state index in [0.29, 0.717) is 0 Å². The maximum absolute atomic E-state index is 12.0. The Morgan fingerprint density at radius 1 is 1.53 bits per heavy atom. The number of aromatic nitrogens is 3. The molecule has 1 aliphatic rings. The van der Waals surface area contributed by atoms with Gasteiger partial charge >= 0.3 is 0 Å². The molecule has 1 aromatic heterocycles. The summed E-state index contributed by atoms with van der Waals surface area (Å²) in [6.07, 6.45) is 3.12. The third kappa shape index (κ3) is 2.38. The van der Waals surface area contributed by atoms with Gasteiger partial charge in [0.15, 0.2) is 0 Å². The van der Waals surface area contributed by atoms with Gasteiger partial charge in [0.25, 0.3) is 5.91 Å². The van der Waals surface area contributed by atoms with Gasteiger partial charge in [0.1, 0.15) is 0 Å². The van der Waals surface area contributed by atoms with Crippen molar-refractivity contribution < 1.29 is 9.90 Å². The number of amides is 1. The molecule has 1 aromatic rings. The van der Waals surface area contributed by atoms with E-state index in [4.69, 9.17) is 5.73 Å². The van der Waals surface area contributed by atoms with Crippen molar-refractivity contribution in [1.29, 1.82) is 0 Å². The number of aliphatic hydroxyl groups excluding tert-OH is 1. The molecule has 0 aromatic carbocycles. The highest BCUT2D eigenvalue weighted by molar-refractivity contribution is 5.90. The third-order valence-corrected chi connectivity index (χ3v) is 3.22. The number of rotatable bonds is 2. The summed E-state index contributed by atoms with van der Waals surface area (Å²) in [4.78, 5) is 17.3. The van der Waals surface area contributed by atoms with Crippen LogP contribution in [-0.2, 0) is 0 Å². The number of nitrogens with two attached hydrogens (primary N) is 1. The highest BCUT2D eigenvalue weighted by Gasteiger charge is 2.30. The molecule has 94 valence electrons. The second-order valence-electron chi connectivity index (χ2n) is 4.38. The summed E-state index contributed by atoms with van der Waals surface area (Å²) in [7, 11) is 1.67. The average Bonchev–Trinajstić information content (AvgIpc) is 2.75. The Balaban J connectivity index is 2.08. The van der Waals surface area contributed by atoms with Crippen LogP contribution in [0.1, 0.15) is 36.3 Å². The molecule has 1 heterocycles. The Morgan fingerprint density at radius 3 is 2.82 bits per heavy atom. The van der Waals surface area contributed by atoms with Crippen LogP contribution in [0.2, 0.25) is 0 Å². The number of nitrogen functional groups attached to an aromatic ring is 1. The Hall–Kier alpha value is -1.63. The predicted molar refractivity (Wildman–Crippen MR) is 61.2 cm³/mol. The molecule has 2 unspecified atom stereocenters. The highest BCUT2D eigenvalue weighted by atomic mass is 16.3. The van der Waals surface area contributed by atoms with Crippen molar-refractivity contribution >= 4 is 11.9 Å². The smallest absolute Gasteiger partial charge is 0.291 e. The lowest BCUT2D eigenvalue weighted by Crippen LogP contribution is -2.46. The zero-order valence-electron chi connectivity index (χ0n) is 9.76. The molecule has 1 amide bonds. The zero-order valence-corrected chi connectivity index (χ0v) is 9.76. The van der Waals surface area contributed by atoms with Crippen molar-refractivity contribution in [3.05, 3.63) is 5.82 Å². The lowest BCUT2D eigenvalue weighted by atomic mass is 9.91. The first-order valence-electron chi connectivity index (χ1n) is 5.72. The Labute approximate surface area is 99.0 Å². The monoisotopic (exact) mass is 239 g/mol. The molecule has 0 saturated heterocycles. The molecule has 0 bridgehead atoms. The molecule has 0 radical (unpaired) electrons. The van der Waals surface area contributed by atoms with Gasteiger partial charge in [0, 0.05) is 7.05 Å². The van der Waals surface area contributed by atoms with Crippen molar-refractivity contribution in [3.8, 4) is 0 Å². The van der Waals surface area contributed by atoms with Crippen molar-refractivity contribution in [3.63, 3.8) is 0 Å². The first-order valence-corrected chi connectivity index (χ1v) is 5.72. The lowest BCUT2D eigenvalue weighted by Gasteiger charge is -2.34. The van der Waals surface area contributed by atoms with Crippen LogP contribution in [-0.4, -0.2) is 50.3 Å². The van der Waals surface area contributed by atoms with E-state index in [-0.39, 0.29) is 23.7 Å². The van der Waals surface area contributed by atoms with Crippen LogP contribution in [0.25, 0.3) is 0 Å². The van der Waals surface area contributed by atoms with Gasteiger partial charge in [0.2, 0.25) is 11.8 Å². The molecule has 2 atom stereocenters. The fourth-order valence-electron chi connectivity index (χ4n) is 2.23. The third-order valence-electron chi connectivity index (χ3n) is 3.22. The van der Waals surface area contributed by atoms with E-state index in [9.17, 15) is 9.90 Å². The van der Waals surface area contributed by atoms with E-state index in [0.717, 1.165) is 25.7 Å². The standard InChI is InChI=1S/C10H17N5O2/c1-15(6-4-2-3-5-7(6)16)9(17)8-12-10(11)14-13-8/h6-7,16H,2-5H2,1H3,(H3,11,12,13,14). The van der Waals surface area contributed by atoms with Crippen LogP contribution in [0.4, 0.5) is 5.95 Å². The quantitative estimate of drug-likeness (QED) is 0.660.